The maximum absolute atomic E-state index is 12.3. The number of aromatic nitrogens is 1. The van der Waals surface area contributed by atoms with Crippen LogP contribution in [0.25, 0.3) is 0 Å². The normalized spacial score (nSPS) is 16.1. The largest absolute Gasteiger partial charge is 0.478 e. The third-order valence-corrected chi connectivity index (χ3v) is 5.15. The molecule has 1 saturated heterocycles. The number of morpholine rings is 1. The minimum atomic E-state index is -0.162. The van der Waals surface area contributed by atoms with Crippen molar-refractivity contribution in [1.82, 2.24) is 20.5 Å². The summed E-state index contributed by atoms with van der Waals surface area (Å²) in [5.41, 5.74) is 0.874. The Labute approximate surface area is 162 Å². The summed E-state index contributed by atoms with van der Waals surface area (Å²) < 4.78 is 11.0. The third kappa shape index (κ3) is 6.66. The third-order valence-electron chi connectivity index (χ3n) is 5.15. The van der Waals surface area contributed by atoms with Gasteiger partial charge in [0.1, 0.15) is 0 Å². The van der Waals surface area contributed by atoms with Gasteiger partial charge in [-0.25, -0.2) is 9.78 Å². The van der Waals surface area contributed by atoms with E-state index in [4.69, 9.17) is 9.47 Å². The molecule has 2 rings (SSSR count). The summed E-state index contributed by atoms with van der Waals surface area (Å²) in [7, 11) is 0. The molecule has 0 radical (unpaired) electrons. The number of amides is 2. The van der Waals surface area contributed by atoms with E-state index in [0.29, 0.717) is 37.5 Å². The van der Waals surface area contributed by atoms with Gasteiger partial charge in [-0.15, -0.1) is 0 Å². The van der Waals surface area contributed by atoms with E-state index in [1.807, 2.05) is 19.1 Å². The fourth-order valence-corrected chi connectivity index (χ4v) is 3.60. The van der Waals surface area contributed by atoms with Gasteiger partial charge >= 0.3 is 6.03 Å². The van der Waals surface area contributed by atoms with Crippen molar-refractivity contribution in [2.75, 3.05) is 39.5 Å². The van der Waals surface area contributed by atoms with E-state index in [9.17, 15) is 4.79 Å². The molecule has 7 heteroatoms. The molecular weight excluding hydrogens is 344 g/mol. The Bertz CT molecular complexity index is 560. The van der Waals surface area contributed by atoms with Crippen LogP contribution < -0.4 is 15.4 Å². The molecule has 27 heavy (non-hydrogen) atoms. The number of nitrogens with one attached hydrogen (secondary N) is 2. The van der Waals surface area contributed by atoms with Crippen molar-refractivity contribution in [2.45, 2.75) is 46.2 Å². The van der Waals surface area contributed by atoms with Crippen LogP contribution in [0.3, 0.4) is 0 Å². The maximum Gasteiger partial charge on any atom is 0.315 e. The number of rotatable bonds is 10. The Kier molecular flexibility index (Phi) is 9.35. The summed E-state index contributed by atoms with van der Waals surface area (Å²) in [5, 5.41) is 5.97. The first kappa shape index (κ1) is 21.4. The molecule has 0 saturated carbocycles. The highest BCUT2D eigenvalue weighted by molar-refractivity contribution is 5.73. The van der Waals surface area contributed by atoms with Crippen LogP contribution in [0.5, 0.6) is 5.88 Å². The van der Waals surface area contributed by atoms with Crippen LogP contribution in [0, 0.1) is 5.92 Å². The lowest BCUT2D eigenvalue weighted by molar-refractivity contribution is 0.00237. The first-order chi connectivity index (χ1) is 13.2. The number of carbonyl (C=O) groups excluding carboxylic acids is 1. The van der Waals surface area contributed by atoms with E-state index in [2.05, 4.69) is 34.4 Å². The van der Waals surface area contributed by atoms with Gasteiger partial charge in [0.2, 0.25) is 5.88 Å². The summed E-state index contributed by atoms with van der Waals surface area (Å²) in [6.45, 7) is 11.3. The van der Waals surface area contributed by atoms with Gasteiger partial charge in [-0.3, -0.25) is 4.90 Å². The fourth-order valence-electron chi connectivity index (χ4n) is 3.60. The lowest BCUT2D eigenvalue weighted by Gasteiger charge is -2.38. The molecule has 0 aliphatic carbocycles. The fraction of sp³-hybridized carbons (Fsp3) is 0.700. The van der Waals surface area contributed by atoms with Gasteiger partial charge in [0.05, 0.1) is 19.8 Å². The van der Waals surface area contributed by atoms with Gasteiger partial charge in [0.15, 0.2) is 0 Å². The molecule has 0 bridgehead atoms. The SMILES string of the molecule is CCOc1ncccc1CNC(=O)NCC(C(CC)CC)N1CCOCC1. The maximum atomic E-state index is 12.3. The number of hydrogen-bond donors (Lipinski definition) is 2. The number of hydrogen-bond acceptors (Lipinski definition) is 5. The van der Waals surface area contributed by atoms with Crippen LogP contribution in [0.1, 0.15) is 39.2 Å². The first-order valence-electron chi connectivity index (χ1n) is 10.1. The van der Waals surface area contributed by atoms with E-state index < -0.39 is 0 Å². The van der Waals surface area contributed by atoms with E-state index in [-0.39, 0.29) is 6.03 Å². The molecular formula is C20H34N4O3. The Hall–Kier alpha value is -1.86. The zero-order chi connectivity index (χ0) is 19.5. The highest BCUT2D eigenvalue weighted by Crippen LogP contribution is 2.19. The quantitative estimate of drug-likeness (QED) is 0.654. The minimum absolute atomic E-state index is 0.162. The molecule has 1 aliphatic rings. The molecule has 0 aromatic carbocycles. The molecule has 2 N–H and O–H groups in total. The van der Waals surface area contributed by atoms with Crippen LogP contribution in [0.4, 0.5) is 4.79 Å². The summed E-state index contributed by atoms with van der Waals surface area (Å²) in [6.07, 6.45) is 3.90. The average molecular weight is 379 g/mol. The van der Waals surface area contributed by atoms with Crippen molar-refractivity contribution in [3.63, 3.8) is 0 Å². The molecule has 1 atom stereocenters. The molecule has 7 nitrogen and oxygen atoms in total. The van der Waals surface area contributed by atoms with Gasteiger partial charge in [-0.1, -0.05) is 32.8 Å². The molecule has 1 aromatic heterocycles. The second kappa shape index (κ2) is 11.8. The molecule has 1 aromatic rings. The van der Waals surface area contributed by atoms with Gasteiger partial charge in [-0.2, -0.15) is 0 Å². The summed E-state index contributed by atoms with van der Waals surface area (Å²) in [6, 6.07) is 3.94. The van der Waals surface area contributed by atoms with Crippen molar-refractivity contribution >= 4 is 6.03 Å². The van der Waals surface area contributed by atoms with Crippen LogP contribution >= 0.6 is 0 Å². The van der Waals surface area contributed by atoms with E-state index in [1.54, 1.807) is 6.20 Å². The van der Waals surface area contributed by atoms with Crippen molar-refractivity contribution in [3.05, 3.63) is 23.9 Å². The van der Waals surface area contributed by atoms with Crippen LogP contribution in [-0.2, 0) is 11.3 Å². The number of nitrogens with zero attached hydrogens (tertiary/aromatic N) is 2. The number of carbonyl (C=O) groups is 1. The Morgan fingerprint density at radius 1 is 1.26 bits per heavy atom. The summed E-state index contributed by atoms with van der Waals surface area (Å²) in [4.78, 5) is 19.0. The van der Waals surface area contributed by atoms with Crippen LogP contribution in [-0.4, -0.2) is 61.4 Å². The predicted molar refractivity (Wildman–Crippen MR) is 106 cm³/mol. The average Bonchev–Trinajstić information content (AvgIpc) is 2.71. The lowest BCUT2D eigenvalue weighted by atomic mass is 9.92. The smallest absolute Gasteiger partial charge is 0.315 e. The second-order valence-electron chi connectivity index (χ2n) is 6.76. The second-order valence-corrected chi connectivity index (χ2v) is 6.76. The topological polar surface area (TPSA) is 75.7 Å². The minimum Gasteiger partial charge on any atom is -0.478 e. The molecule has 152 valence electrons. The highest BCUT2D eigenvalue weighted by atomic mass is 16.5. The van der Waals surface area contributed by atoms with Crippen molar-refractivity contribution in [1.29, 1.82) is 0 Å². The summed E-state index contributed by atoms with van der Waals surface area (Å²) in [5.74, 6) is 1.13. The van der Waals surface area contributed by atoms with Crippen LogP contribution in [0.15, 0.2) is 18.3 Å². The van der Waals surface area contributed by atoms with Crippen molar-refractivity contribution < 1.29 is 14.3 Å². The Morgan fingerprint density at radius 2 is 2.00 bits per heavy atom. The molecule has 1 fully saturated rings. The molecule has 0 spiro atoms. The van der Waals surface area contributed by atoms with E-state index in [1.165, 1.54) is 0 Å². The Morgan fingerprint density at radius 3 is 2.67 bits per heavy atom. The molecule has 1 unspecified atom stereocenters. The van der Waals surface area contributed by atoms with Gasteiger partial charge in [0, 0.05) is 44.0 Å². The molecule has 2 heterocycles. The van der Waals surface area contributed by atoms with Crippen molar-refractivity contribution in [2.24, 2.45) is 5.92 Å². The van der Waals surface area contributed by atoms with Crippen LogP contribution in [0.2, 0.25) is 0 Å². The molecule has 1 aliphatic heterocycles. The number of pyridine rings is 1. The first-order valence-corrected chi connectivity index (χ1v) is 10.1. The number of ether oxygens (including phenoxy) is 2. The Balaban J connectivity index is 1.87. The lowest BCUT2D eigenvalue weighted by Crippen LogP contribution is -2.53. The van der Waals surface area contributed by atoms with E-state index >= 15 is 0 Å². The van der Waals surface area contributed by atoms with Gasteiger partial charge < -0.3 is 20.1 Å². The monoisotopic (exact) mass is 378 g/mol. The zero-order valence-corrected chi connectivity index (χ0v) is 16.9. The summed E-state index contributed by atoms with van der Waals surface area (Å²) >= 11 is 0. The van der Waals surface area contributed by atoms with Gasteiger partial charge in [0.25, 0.3) is 0 Å². The number of urea groups is 1. The predicted octanol–water partition coefficient (Wildman–Crippen LogP) is 2.42. The highest BCUT2D eigenvalue weighted by Gasteiger charge is 2.27. The van der Waals surface area contributed by atoms with Gasteiger partial charge in [-0.05, 0) is 18.9 Å². The van der Waals surface area contributed by atoms with E-state index in [0.717, 1.165) is 44.7 Å². The van der Waals surface area contributed by atoms with Crippen molar-refractivity contribution in [3.8, 4) is 5.88 Å². The standard InChI is InChI=1S/C20H34N4O3/c1-4-16(5-2)18(24-10-12-26-13-11-24)15-23-20(25)22-14-17-8-7-9-21-19(17)27-6-3/h7-9,16,18H,4-6,10-15H2,1-3H3,(H2,22,23,25). The zero-order valence-electron chi connectivity index (χ0n) is 16.9. The molecule has 2 amide bonds.